The number of carbonyl (C=O) groups excluding carboxylic acids is 1. The molecule has 26 heavy (non-hydrogen) atoms. The van der Waals surface area contributed by atoms with Crippen LogP contribution in [0.25, 0.3) is 16.7 Å². The van der Waals surface area contributed by atoms with Crippen LogP contribution in [0.4, 0.5) is 0 Å². The van der Waals surface area contributed by atoms with Gasteiger partial charge in [-0.1, -0.05) is 34.6 Å². The molecule has 7 nitrogen and oxygen atoms in total. The van der Waals surface area contributed by atoms with Gasteiger partial charge in [-0.2, -0.15) is 0 Å². The van der Waals surface area contributed by atoms with E-state index in [0.717, 1.165) is 16.6 Å². The van der Waals surface area contributed by atoms with Crippen LogP contribution in [0.2, 0.25) is 0 Å². The van der Waals surface area contributed by atoms with Crippen molar-refractivity contribution < 1.29 is 9.32 Å². The first-order valence-corrected chi connectivity index (χ1v) is 8.30. The Hall–Kier alpha value is -3.48. The van der Waals surface area contributed by atoms with Crippen LogP contribution in [-0.2, 0) is 11.2 Å². The quantitative estimate of drug-likeness (QED) is 0.600. The van der Waals surface area contributed by atoms with E-state index in [9.17, 15) is 4.79 Å². The molecule has 0 fully saturated rings. The minimum Gasteiger partial charge on any atom is -0.356 e. The van der Waals surface area contributed by atoms with E-state index in [1.165, 1.54) is 0 Å². The van der Waals surface area contributed by atoms with E-state index in [4.69, 9.17) is 4.52 Å². The molecule has 0 saturated heterocycles. The molecule has 0 spiro atoms. The molecular weight excluding hydrogens is 330 g/mol. The summed E-state index contributed by atoms with van der Waals surface area (Å²) in [5.41, 5.74) is 3.25. The summed E-state index contributed by atoms with van der Waals surface area (Å²) in [4.78, 5) is 12.4. The standard InChI is InChI=1S/C19H17N5O2/c1-13(14-6-8-15(9-7-14)24-11-10-20-23-24)21-19(25)12-17-16-4-2-3-5-18(16)26-22-17/h2-11,13H,12H2,1H3,(H,21,25)/t13-/m1/s1. The second kappa shape index (κ2) is 6.79. The van der Waals surface area contributed by atoms with Gasteiger partial charge in [-0.3, -0.25) is 4.79 Å². The van der Waals surface area contributed by atoms with Gasteiger partial charge in [0.2, 0.25) is 5.91 Å². The van der Waals surface area contributed by atoms with Gasteiger partial charge in [-0.25, -0.2) is 4.68 Å². The van der Waals surface area contributed by atoms with Gasteiger partial charge in [-0.15, -0.1) is 5.10 Å². The summed E-state index contributed by atoms with van der Waals surface area (Å²) >= 11 is 0. The van der Waals surface area contributed by atoms with Crippen LogP contribution < -0.4 is 5.32 Å². The molecule has 0 aliphatic carbocycles. The summed E-state index contributed by atoms with van der Waals surface area (Å²) in [6.07, 6.45) is 3.59. The molecule has 1 N–H and O–H groups in total. The second-order valence-corrected chi connectivity index (χ2v) is 6.03. The van der Waals surface area contributed by atoms with Crippen LogP contribution in [0.3, 0.4) is 0 Å². The van der Waals surface area contributed by atoms with Crippen LogP contribution in [-0.4, -0.2) is 26.1 Å². The van der Waals surface area contributed by atoms with Gasteiger partial charge in [-0.05, 0) is 36.8 Å². The number of carbonyl (C=O) groups is 1. The highest BCUT2D eigenvalue weighted by molar-refractivity contribution is 5.86. The maximum Gasteiger partial charge on any atom is 0.226 e. The smallest absolute Gasteiger partial charge is 0.226 e. The molecule has 0 unspecified atom stereocenters. The van der Waals surface area contributed by atoms with Gasteiger partial charge in [0.15, 0.2) is 5.58 Å². The third-order valence-electron chi connectivity index (χ3n) is 4.24. The van der Waals surface area contributed by atoms with E-state index in [2.05, 4.69) is 20.8 Å². The maximum atomic E-state index is 12.4. The second-order valence-electron chi connectivity index (χ2n) is 6.03. The van der Waals surface area contributed by atoms with Crippen molar-refractivity contribution in [2.24, 2.45) is 0 Å². The molecule has 0 bridgehead atoms. The summed E-state index contributed by atoms with van der Waals surface area (Å²) in [6, 6.07) is 15.2. The highest BCUT2D eigenvalue weighted by Gasteiger charge is 2.14. The lowest BCUT2D eigenvalue weighted by Crippen LogP contribution is -2.28. The molecule has 2 aromatic heterocycles. The van der Waals surface area contributed by atoms with Gasteiger partial charge in [0.05, 0.1) is 30.5 Å². The average molecular weight is 347 g/mol. The molecule has 4 aromatic rings. The van der Waals surface area contributed by atoms with Crippen molar-refractivity contribution in [2.75, 3.05) is 0 Å². The number of hydrogen-bond donors (Lipinski definition) is 1. The Kier molecular flexibility index (Phi) is 4.18. The van der Waals surface area contributed by atoms with E-state index < -0.39 is 0 Å². The van der Waals surface area contributed by atoms with E-state index in [0.29, 0.717) is 11.3 Å². The first-order chi connectivity index (χ1) is 12.7. The van der Waals surface area contributed by atoms with Gasteiger partial charge < -0.3 is 9.84 Å². The number of para-hydroxylation sites is 1. The fourth-order valence-corrected chi connectivity index (χ4v) is 2.86. The molecule has 0 aliphatic heterocycles. The summed E-state index contributed by atoms with van der Waals surface area (Å²) in [5, 5.41) is 15.6. The SMILES string of the molecule is C[C@@H](NC(=O)Cc1noc2ccccc12)c1ccc(-n2ccnn2)cc1. The molecule has 0 aliphatic rings. The number of fused-ring (bicyclic) bond motifs is 1. The Labute approximate surface area is 149 Å². The van der Waals surface area contributed by atoms with Crippen molar-refractivity contribution in [2.45, 2.75) is 19.4 Å². The summed E-state index contributed by atoms with van der Waals surface area (Å²) in [7, 11) is 0. The van der Waals surface area contributed by atoms with E-state index in [1.807, 2.05) is 55.5 Å². The average Bonchev–Trinajstić information content (AvgIpc) is 3.32. The third-order valence-corrected chi connectivity index (χ3v) is 4.24. The number of nitrogens with zero attached hydrogens (tertiary/aromatic N) is 4. The first kappa shape index (κ1) is 16.0. The molecule has 0 saturated carbocycles. The van der Waals surface area contributed by atoms with Crippen LogP contribution in [0.1, 0.15) is 24.2 Å². The van der Waals surface area contributed by atoms with Crippen molar-refractivity contribution in [3.63, 3.8) is 0 Å². The summed E-state index contributed by atoms with van der Waals surface area (Å²) < 4.78 is 6.93. The van der Waals surface area contributed by atoms with Crippen LogP contribution >= 0.6 is 0 Å². The Balaban J connectivity index is 1.42. The van der Waals surface area contributed by atoms with E-state index in [1.54, 1.807) is 17.1 Å². The lowest BCUT2D eigenvalue weighted by atomic mass is 10.1. The van der Waals surface area contributed by atoms with Gasteiger partial charge in [0.1, 0.15) is 5.69 Å². The van der Waals surface area contributed by atoms with Gasteiger partial charge >= 0.3 is 0 Å². The van der Waals surface area contributed by atoms with Gasteiger partial charge in [0.25, 0.3) is 0 Å². The molecule has 2 aromatic carbocycles. The normalized spacial score (nSPS) is 12.2. The van der Waals surface area contributed by atoms with Crippen LogP contribution in [0.5, 0.6) is 0 Å². The van der Waals surface area contributed by atoms with Crippen molar-refractivity contribution in [1.29, 1.82) is 0 Å². The lowest BCUT2D eigenvalue weighted by molar-refractivity contribution is -0.121. The molecule has 0 radical (unpaired) electrons. The Bertz CT molecular complexity index is 1020. The first-order valence-electron chi connectivity index (χ1n) is 8.30. The van der Waals surface area contributed by atoms with Crippen LogP contribution in [0.15, 0.2) is 65.4 Å². The van der Waals surface area contributed by atoms with Gasteiger partial charge in [0, 0.05) is 5.39 Å². The minimum absolute atomic E-state index is 0.100. The molecule has 1 atom stereocenters. The number of hydrogen-bond acceptors (Lipinski definition) is 5. The maximum absolute atomic E-state index is 12.4. The van der Waals surface area contributed by atoms with Crippen molar-refractivity contribution in [1.82, 2.24) is 25.5 Å². The minimum atomic E-state index is -0.120. The van der Waals surface area contributed by atoms with E-state index in [-0.39, 0.29) is 18.4 Å². The molecule has 2 heterocycles. The van der Waals surface area contributed by atoms with E-state index >= 15 is 0 Å². The third kappa shape index (κ3) is 3.19. The Morgan fingerprint density at radius 1 is 1.19 bits per heavy atom. The number of aromatic nitrogens is 4. The number of amides is 1. The summed E-state index contributed by atoms with van der Waals surface area (Å²) in [5.74, 6) is -0.100. The Morgan fingerprint density at radius 2 is 2.00 bits per heavy atom. The molecule has 4 rings (SSSR count). The molecule has 130 valence electrons. The molecule has 7 heteroatoms. The number of rotatable bonds is 5. The van der Waals surface area contributed by atoms with Crippen molar-refractivity contribution in [3.8, 4) is 5.69 Å². The highest BCUT2D eigenvalue weighted by atomic mass is 16.5. The zero-order valence-electron chi connectivity index (χ0n) is 14.2. The topological polar surface area (TPSA) is 85.8 Å². The lowest BCUT2D eigenvalue weighted by Gasteiger charge is -2.14. The largest absolute Gasteiger partial charge is 0.356 e. The summed E-state index contributed by atoms with van der Waals surface area (Å²) in [6.45, 7) is 1.95. The fraction of sp³-hybridized carbons (Fsp3) is 0.158. The monoisotopic (exact) mass is 347 g/mol. The zero-order chi connectivity index (χ0) is 17.9. The number of nitrogens with one attached hydrogen (secondary N) is 1. The van der Waals surface area contributed by atoms with Crippen molar-refractivity contribution >= 4 is 16.9 Å². The highest BCUT2D eigenvalue weighted by Crippen LogP contribution is 2.19. The predicted molar refractivity (Wildman–Crippen MR) is 95.6 cm³/mol. The predicted octanol–water partition coefficient (Wildman–Crippen LogP) is 2.83. The fourth-order valence-electron chi connectivity index (χ4n) is 2.86. The number of benzene rings is 2. The molecule has 1 amide bonds. The molecular formula is C19H17N5O2. The van der Waals surface area contributed by atoms with Crippen molar-refractivity contribution in [3.05, 3.63) is 72.2 Å². The Morgan fingerprint density at radius 3 is 2.77 bits per heavy atom. The van der Waals surface area contributed by atoms with Crippen LogP contribution in [0, 0.1) is 0 Å². The zero-order valence-corrected chi connectivity index (χ0v) is 14.2.